The summed E-state index contributed by atoms with van der Waals surface area (Å²) in [6, 6.07) is 0. The second-order valence-corrected chi connectivity index (χ2v) is 21.9. The number of aliphatic hydroxyl groups is 5. The highest BCUT2D eigenvalue weighted by Crippen LogP contribution is 2.39. The molecule has 2 heterocycles. The molecule has 0 aliphatic carbocycles. The van der Waals surface area contributed by atoms with Gasteiger partial charge < -0.3 is 54.0 Å². The summed E-state index contributed by atoms with van der Waals surface area (Å²) in [5, 5.41) is 54.4. The Bertz CT molecular complexity index is 1350. The van der Waals surface area contributed by atoms with Crippen LogP contribution >= 0.6 is 0 Å². The van der Waals surface area contributed by atoms with Crippen molar-refractivity contribution in [2.24, 2.45) is 0 Å². The van der Waals surface area contributed by atoms with Crippen molar-refractivity contribution in [1.82, 2.24) is 0 Å². The summed E-state index contributed by atoms with van der Waals surface area (Å²) in [5.41, 5.74) is 0. The first kappa shape index (κ1) is 68.2. The molecule has 74 heavy (non-hydrogen) atoms. The number of hydrogen-bond acceptors (Lipinski definition) is 14. The summed E-state index contributed by atoms with van der Waals surface area (Å²) < 4.78 is 35.9. The van der Waals surface area contributed by atoms with Crippen LogP contribution in [0, 0.1) is 0 Å². The van der Waals surface area contributed by atoms with Crippen molar-refractivity contribution in [3.63, 3.8) is 0 Å². The Morgan fingerprint density at radius 2 is 0.689 bits per heavy atom. The van der Waals surface area contributed by atoms with E-state index in [2.05, 4.69) is 20.8 Å². The molecule has 2 aliphatic rings. The van der Waals surface area contributed by atoms with Crippen molar-refractivity contribution < 1.29 is 68.3 Å². The largest absolute Gasteiger partial charge is 0.455 e. The first-order valence-electron chi connectivity index (χ1n) is 30.9. The van der Waals surface area contributed by atoms with Crippen molar-refractivity contribution >= 4 is 17.9 Å². The fraction of sp³-hybridized carbons (Fsp3) is 0.950. The monoisotopic (exact) mass is 1060 g/mol. The van der Waals surface area contributed by atoms with Crippen LogP contribution in [0.15, 0.2) is 0 Å². The molecule has 0 radical (unpaired) electrons. The Labute approximate surface area is 449 Å². The molecule has 0 bridgehead atoms. The van der Waals surface area contributed by atoms with Gasteiger partial charge in [0.05, 0.1) is 13.2 Å². The lowest BCUT2D eigenvalue weighted by molar-refractivity contribution is -0.384. The predicted molar refractivity (Wildman–Crippen MR) is 291 cm³/mol. The number of carbonyl (C=O) groups excluding carboxylic acids is 3. The van der Waals surface area contributed by atoms with Gasteiger partial charge in [-0.05, 0) is 19.3 Å². The van der Waals surface area contributed by atoms with Gasteiger partial charge in [0.25, 0.3) is 0 Å². The average Bonchev–Trinajstić information content (AvgIpc) is 3.66. The van der Waals surface area contributed by atoms with Crippen LogP contribution in [0.1, 0.15) is 290 Å². The number of ether oxygens (including phenoxy) is 6. The molecule has 2 fully saturated rings. The molecule has 0 aromatic rings. The minimum Gasteiger partial charge on any atom is -0.455 e. The Morgan fingerprint density at radius 1 is 0.392 bits per heavy atom. The Kier molecular flexibility index (Phi) is 41.5. The van der Waals surface area contributed by atoms with Crippen LogP contribution in [0.5, 0.6) is 0 Å². The van der Waals surface area contributed by atoms with Crippen molar-refractivity contribution in [1.29, 1.82) is 0 Å². The van der Waals surface area contributed by atoms with Crippen LogP contribution in [0.3, 0.4) is 0 Å². The van der Waals surface area contributed by atoms with Gasteiger partial charge in [-0.2, -0.15) is 0 Å². The first-order chi connectivity index (χ1) is 36.1. The third kappa shape index (κ3) is 29.7. The summed E-state index contributed by atoms with van der Waals surface area (Å²) in [6.45, 7) is 4.21. The number of rotatable bonds is 50. The molecular weight excluding hydrogens is 945 g/mol. The molecule has 0 aromatic carbocycles. The van der Waals surface area contributed by atoms with Crippen LogP contribution in [0.2, 0.25) is 0 Å². The van der Waals surface area contributed by atoms with Gasteiger partial charge in [0.15, 0.2) is 18.3 Å². The van der Waals surface area contributed by atoms with E-state index in [0.29, 0.717) is 19.3 Å². The fourth-order valence-corrected chi connectivity index (χ4v) is 10.5. The van der Waals surface area contributed by atoms with Crippen molar-refractivity contribution in [2.75, 3.05) is 19.8 Å². The quantitative estimate of drug-likeness (QED) is 0.0218. The maximum Gasteiger partial charge on any atom is 0.306 e. The third-order valence-corrected chi connectivity index (χ3v) is 15.2. The van der Waals surface area contributed by atoms with E-state index in [0.717, 1.165) is 77.0 Å². The molecule has 0 unspecified atom stereocenters. The van der Waals surface area contributed by atoms with Crippen LogP contribution in [-0.2, 0) is 42.8 Å². The maximum atomic E-state index is 13.6. The second-order valence-electron chi connectivity index (χ2n) is 21.9. The first-order valence-corrected chi connectivity index (χ1v) is 30.9. The molecule has 0 amide bonds. The molecule has 0 saturated carbocycles. The topological polar surface area (TPSA) is 208 Å². The van der Waals surface area contributed by atoms with E-state index < -0.39 is 92.5 Å². The molecule has 0 spiro atoms. The van der Waals surface area contributed by atoms with E-state index >= 15 is 0 Å². The Morgan fingerprint density at radius 3 is 1.00 bits per heavy atom. The number of carbonyl (C=O) groups is 3. The molecule has 5 N–H and O–H groups in total. The third-order valence-electron chi connectivity index (χ3n) is 15.2. The summed E-state index contributed by atoms with van der Waals surface area (Å²) in [6.07, 6.45) is 31.7. The van der Waals surface area contributed by atoms with E-state index in [4.69, 9.17) is 28.4 Å². The standard InChI is InChI=1S/C60H112O14/c1-4-7-10-13-16-19-22-25-28-31-34-37-40-43-51(64)70-56-54(67)49(46-61)69-59(57(56)71-52(65)44-41-38-35-32-29-26-23-20-17-14-11-8-5-2)74-60(48-63)58(55(68)50(47-62)73-60)72-53(66)45-42-39-36-33-30-27-24-21-18-15-12-9-6-3/h49-50,54-59,61-63,67-68H,4-48H2,1-3H3/t49-,50-,54-,55-,56+,57-,58+,59-,60+/m1/s1. The zero-order chi connectivity index (χ0) is 53.9. The number of hydrogen-bond donors (Lipinski definition) is 5. The zero-order valence-corrected chi connectivity index (χ0v) is 47.3. The summed E-state index contributed by atoms with van der Waals surface area (Å²) in [4.78, 5) is 40.5. The van der Waals surface area contributed by atoms with E-state index in [1.165, 1.54) is 154 Å². The molecule has 2 aliphatic heterocycles. The molecule has 9 atom stereocenters. The Balaban J connectivity index is 2.08. The minimum atomic E-state index is -2.35. The lowest BCUT2D eigenvalue weighted by Gasteiger charge is -2.45. The highest BCUT2D eigenvalue weighted by Gasteiger charge is 2.62. The molecular formula is C60H112O14. The molecule has 14 heteroatoms. The SMILES string of the molecule is CCCCCCCCCCCCCCCC(=O)O[C@H]1[C@@H](O[C@]2(CO)O[C@H](CO)[C@@H](O)[C@@H]2OC(=O)CCCCCCCCCCCCCCC)O[C@H](CO)[C@@H](O)[C@@H]1OC(=O)CCCCCCCCCCCCCCC. The highest BCUT2D eigenvalue weighted by atomic mass is 16.8. The number of unbranched alkanes of at least 4 members (excludes halogenated alkanes) is 36. The summed E-state index contributed by atoms with van der Waals surface area (Å²) in [5.74, 6) is -4.33. The van der Waals surface area contributed by atoms with Gasteiger partial charge in [-0.25, -0.2) is 0 Å². The van der Waals surface area contributed by atoms with Gasteiger partial charge in [0.2, 0.25) is 12.1 Å². The summed E-state index contributed by atoms with van der Waals surface area (Å²) in [7, 11) is 0. The molecule has 436 valence electrons. The van der Waals surface area contributed by atoms with Gasteiger partial charge in [-0.3, -0.25) is 14.4 Å². The average molecular weight is 1060 g/mol. The van der Waals surface area contributed by atoms with Gasteiger partial charge >= 0.3 is 17.9 Å². The smallest absolute Gasteiger partial charge is 0.306 e. The van der Waals surface area contributed by atoms with Crippen molar-refractivity contribution in [3.05, 3.63) is 0 Å². The molecule has 2 rings (SSSR count). The Hall–Kier alpha value is -1.91. The number of esters is 3. The fourth-order valence-electron chi connectivity index (χ4n) is 10.5. The van der Waals surface area contributed by atoms with Gasteiger partial charge in [-0.15, -0.1) is 0 Å². The lowest BCUT2D eigenvalue weighted by atomic mass is 9.97. The van der Waals surface area contributed by atoms with Gasteiger partial charge in [0, 0.05) is 19.3 Å². The van der Waals surface area contributed by atoms with E-state index in [1.807, 2.05) is 0 Å². The van der Waals surface area contributed by atoms with Crippen molar-refractivity contribution in [3.8, 4) is 0 Å². The van der Waals surface area contributed by atoms with Crippen molar-refractivity contribution in [2.45, 2.75) is 345 Å². The lowest BCUT2D eigenvalue weighted by Crippen LogP contribution is -2.64. The number of aliphatic hydroxyl groups excluding tert-OH is 5. The highest BCUT2D eigenvalue weighted by molar-refractivity contribution is 5.71. The zero-order valence-electron chi connectivity index (χ0n) is 47.3. The van der Waals surface area contributed by atoms with Crippen LogP contribution in [0.25, 0.3) is 0 Å². The van der Waals surface area contributed by atoms with Gasteiger partial charge in [-0.1, -0.05) is 252 Å². The van der Waals surface area contributed by atoms with Crippen LogP contribution in [0.4, 0.5) is 0 Å². The predicted octanol–water partition coefficient (Wildman–Crippen LogP) is 12.7. The minimum absolute atomic E-state index is 0.0203. The second kappa shape index (κ2) is 45.0. The molecule has 14 nitrogen and oxygen atoms in total. The molecule has 0 aromatic heterocycles. The van der Waals surface area contributed by atoms with E-state index in [1.54, 1.807) is 0 Å². The van der Waals surface area contributed by atoms with Gasteiger partial charge in [0.1, 0.15) is 31.0 Å². The van der Waals surface area contributed by atoms with Crippen LogP contribution in [-0.4, -0.2) is 118 Å². The summed E-state index contributed by atoms with van der Waals surface area (Å²) >= 11 is 0. The molecule has 2 saturated heterocycles. The van der Waals surface area contributed by atoms with Crippen LogP contribution < -0.4 is 0 Å². The normalized spacial score (nSPS) is 23.8. The van der Waals surface area contributed by atoms with E-state index in [9.17, 15) is 39.9 Å². The maximum absolute atomic E-state index is 13.6. The van der Waals surface area contributed by atoms with E-state index in [-0.39, 0.29) is 19.3 Å².